The van der Waals surface area contributed by atoms with Crippen molar-refractivity contribution in [3.8, 4) is 0 Å². The molecule has 8 aromatic rings. The molecule has 0 fully saturated rings. The van der Waals surface area contributed by atoms with Gasteiger partial charge in [0.1, 0.15) is 11.6 Å². The molecule has 0 bridgehead atoms. The summed E-state index contributed by atoms with van der Waals surface area (Å²) in [6, 6.07) is 62.4. The summed E-state index contributed by atoms with van der Waals surface area (Å²) in [5.74, 6) is 1.81. The molecule has 288 valence electrons. The predicted molar refractivity (Wildman–Crippen MR) is 253 cm³/mol. The van der Waals surface area contributed by atoms with Gasteiger partial charge in [-0.05, 0) is 123 Å². The summed E-state index contributed by atoms with van der Waals surface area (Å²) in [6.07, 6.45) is 0. The Morgan fingerprint density at radius 2 is 1.10 bits per heavy atom. The maximum absolute atomic E-state index is 5.84. The molecule has 0 spiro atoms. The minimum atomic E-state index is -0.0195. The van der Waals surface area contributed by atoms with Crippen LogP contribution in [-0.2, 0) is 10.8 Å². The van der Waals surface area contributed by atoms with Gasteiger partial charge in [0.15, 0.2) is 0 Å². The van der Waals surface area contributed by atoms with E-state index < -0.39 is 0 Å². The third-order valence-corrected chi connectivity index (χ3v) is 12.2. The van der Waals surface area contributed by atoms with Crippen LogP contribution in [0, 0.1) is 6.92 Å². The zero-order valence-electron chi connectivity index (χ0n) is 35.0. The molecule has 2 aliphatic heterocycles. The van der Waals surface area contributed by atoms with Crippen LogP contribution >= 0.6 is 0 Å². The zero-order chi connectivity index (χ0) is 40.6. The van der Waals surface area contributed by atoms with Crippen LogP contribution in [-0.4, -0.2) is 11.7 Å². The number of hydrogen-bond donors (Lipinski definition) is 0. The van der Waals surface area contributed by atoms with Gasteiger partial charge in [-0.1, -0.05) is 145 Å². The lowest BCUT2D eigenvalue weighted by atomic mass is 9.33. The predicted octanol–water partition coefficient (Wildman–Crippen LogP) is 12.7. The number of aromatic nitrogens is 1. The van der Waals surface area contributed by atoms with Gasteiger partial charge in [0.2, 0.25) is 0 Å². The molecule has 0 atom stereocenters. The molecule has 1 aromatic heterocycles. The number of para-hydroxylation sites is 3. The fourth-order valence-corrected chi connectivity index (χ4v) is 9.39. The van der Waals surface area contributed by atoms with Gasteiger partial charge in [-0.15, -0.1) is 0 Å². The van der Waals surface area contributed by atoms with Crippen molar-refractivity contribution in [1.29, 1.82) is 0 Å². The molecule has 0 saturated carbocycles. The molecule has 0 aliphatic carbocycles. The van der Waals surface area contributed by atoms with Crippen molar-refractivity contribution < 1.29 is 0 Å². The third kappa shape index (κ3) is 6.10. The van der Waals surface area contributed by atoms with Crippen LogP contribution < -0.4 is 31.1 Å². The number of hydrogen-bond acceptors (Lipinski definition) is 4. The topological polar surface area (TPSA) is 22.6 Å². The highest BCUT2D eigenvalue weighted by molar-refractivity contribution is 7.00. The van der Waals surface area contributed by atoms with Crippen molar-refractivity contribution in [1.82, 2.24) is 4.98 Å². The highest BCUT2D eigenvalue weighted by Crippen LogP contribution is 2.46. The van der Waals surface area contributed by atoms with E-state index in [9.17, 15) is 0 Å². The van der Waals surface area contributed by atoms with E-state index in [1.54, 1.807) is 0 Å². The summed E-state index contributed by atoms with van der Waals surface area (Å²) >= 11 is 0. The molecule has 0 saturated heterocycles. The Bertz CT molecular complexity index is 2870. The Morgan fingerprint density at radius 3 is 1.76 bits per heavy atom. The van der Waals surface area contributed by atoms with Gasteiger partial charge in [0.05, 0.1) is 5.69 Å². The number of aryl methyl sites for hydroxylation is 1. The number of rotatable bonds is 5. The monoisotopic (exact) mass is 764 g/mol. The Morgan fingerprint density at radius 1 is 0.508 bits per heavy atom. The van der Waals surface area contributed by atoms with E-state index in [4.69, 9.17) is 4.98 Å². The van der Waals surface area contributed by atoms with E-state index >= 15 is 0 Å². The smallest absolute Gasteiger partial charge is 0.254 e. The largest absolute Gasteiger partial charge is 0.311 e. The van der Waals surface area contributed by atoms with E-state index in [-0.39, 0.29) is 17.5 Å². The molecule has 10 rings (SSSR count). The van der Waals surface area contributed by atoms with Gasteiger partial charge in [0.25, 0.3) is 6.71 Å². The molecule has 2 aliphatic rings. The van der Waals surface area contributed by atoms with Gasteiger partial charge < -0.3 is 4.90 Å². The Labute approximate surface area is 349 Å². The molecule has 0 N–H and O–H groups in total. The van der Waals surface area contributed by atoms with E-state index in [0.717, 1.165) is 40.1 Å². The van der Waals surface area contributed by atoms with Gasteiger partial charge in [-0.3, -0.25) is 9.80 Å². The standard InChI is InChI=1S/C54H49BN4/c1-36-34-48-51-49(35-36)59(39-20-12-9-13-21-39)52-45(55(51)44-24-16-17-25-47(44)57(48)38-18-10-8-11-19-38)31-33-50(56-52)58(40-28-26-37(27-29-40)53(2,3)4)46-32-30-43(54(5,6)7)41-22-14-15-23-42(41)46/h8-35H,1-7H3. The van der Waals surface area contributed by atoms with Gasteiger partial charge in [-0.25, -0.2) is 4.98 Å². The average molecular weight is 765 g/mol. The number of nitrogens with zero attached hydrogens (tertiary/aromatic N) is 4. The van der Waals surface area contributed by atoms with Gasteiger partial charge in [0, 0.05) is 39.5 Å². The first-order chi connectivity index (χ1) is 28.5. The fourth-order valence-electron chi connectivity index (χ4n) is 9.39. The van der Waals surface area contributed by atoms with Crippen molar-refractivity contribution >= 4 is 85.3 Å². The minimum absolute atomic E-state index is 0.0142. The summed E-state index contributed by atoms with van der Waals surface area (Å²) in [6.45, 7) is 15.9. The van der Waals surface area contributed by atoms with Crippen LogP contribution in [0.3, 0.4) is 0 Å². The number of fused-ring (bicyclic) bond motifs is 5. The highest BCUT2D eigenvalue weighted by Gasteiger charge is 2.44. The van der Waals surface area contributed by atoms with E-state index in [2.05, 4.69) is 233 Å². The molecule has 4 nitrogen and oxygen atoms in total. The van der Waals surface area contributed by atoms with E-state index in [0.29, 0.717) is 0 Å². The van der Waals surface area contributed by atoms with Crippen LogP contribution in [0.5, 0.6) is 0 Å². The summed E-state index contributed by atoms with van der Waals surface area (Å²) in [5.41, 5.74) is 15.5. The first kappa shape index (κ1) is 36.7. The van der Waals surface area contributed by atoms with Crippen molar-refractivity contribution in [2.45, 2.75) is 59.3 Å². The molecule has 7 aromatic carbocycles. The van der Waals surface area contributed by atoms with Crippen LogP contribution in [0.15, 0.2) is 170 Å². The Balaban J connectivity index is 1.25. The van der Waals surface area contributed by atoms with Crippen LogP contribution in [0.1, 0.15) is 58.2 Å². The molecule has 0 radical (unpaired) electrons. The molecule has 0 unspecified atom stereocenters. The van der Waals surface area contributed by atoms with Crippen LogP contribution in [0.25, 0.3) is 10.8 Å². The maximum Gasteiger partial charge on any atom is 0.254 e. The normalized spacial score (nSPS) is 13.2. The molecular formula is C54H49BN4. The van der Waals surface area contributed by atoms with Crippen molar-refractivity contribution in [3.05, 3.63) is 187 Å². The molecule has 0 amide bonds. The number of anilines is 9. The first-order valence-electron chi connectivity index (χ1n) is 20.8. The second-order valence-electron chi connectivity index (χ2n) is 18.2. The first-order valence-corrected chi connectivity index (χ1v) is 20.8. The average Bonchev–Trinajstić information content (AvgIpc) is 3.23. The van der Waals surface area contributed by atoms with Gasteiger partial charge >= 0.3 is 0 Å². The lowest BCUT2D eigenvalue weighted by molar-refractivity contribution is 0.590. The number of benzene rings is 7. The summed E-state index contributed by atoms with van der Waals surface area (Å²) < 4.78 is 0. The second-order valence-corrected chi connectivity index (χ2v) is 18.2. The van der Waals surface area contributed by atoms with E-state index in [1.807, 2.05) is 0 Å². The highest BCUT2D eigenvalue weighted by atomic mass is 15.3. The second kappa shape index (κ2) is 13.8. The molecule has 5 heteroatoms. The SMILES string of the molecule is Cc1cc2c3c(c1)N(c1ccccc1)c1nc(N(c4ccc(C(C)(C)C)cc4)c4ccc(C(C)(C)C)c5ccccc45)ccc1B3c1ccccc1N2c1ccccc1. The fraction of sp³-hybridized carbons (Fsp3) is 0.167. The lowest BCUT2D eigenvalue weighted by Gasteiger charge is -2.44. The van der Waals surface area contributed by atoms with E-state index in [1.165, 1.54) is 55.2 Å². The van der Waals surface area contributed by atoms with Crippen LogP contribution in [0.4, 0.5) is 51.4 Å². The maximum atomic E-state index is 5.84. The molecular weight excluding hydrogens is 715 g/mol. The summed E-state index contributed by atoms with van der Waals surface area (Å²) in [4.78, 5) is 13.1. The van der Waals surface area contributed by atoms with Gasteiger partial charge in [-0.2, -0.15) is 0 Å². The molecule has 3 heterocycles. The minimum Gasteiger partial charge on any atom is -0.311 e. The zero-order valence-corrected chi connectivity index (χ0v) is 35.0. The van der Waals surface area contributed by atoms with Crippen molar-refractivity contribution in [2.75, 3.05) is 14.7 Å². The van der Waals surface area contributed by atoms with Crippen molar-refractivity contribution in [2.24, 2.45) is 0 Å². The third-order valence-electron chi connectivity index (χ3n) is 12.2. The quantitative estimate of drug-likeness (QED) is 0.163. The summed E-state index contributed by atoms with van der Waals surface area (Å²) in [5, 5.41) is 2.46. The molecule has 59 heavy (non-hydrogen) atoms. The Hall–Kier alpha value is -6.59. The van der Waals surface area contributed by atoms with Crippen LogP contribution in [0.2, 0.25) is 0 Å². The summed E-state index contributed by atoms with van der Waals surface area (Å²) in [7, 11) is 0. The lowest BCUT2D eigenvalue weighted by Crippen LogP contribution is -2.61. The Kier molecular flexibility index (Phi) is 8.57. The number of pyridine rings is 1. The van der Waals surface area contributed by atoms with Crippen molar-refractivity contribution in [3.63, 3.8) is 0 Å².